The minimum atomic E-state index is -1.18. The van der Waals surface area contributed by atoms with Crippen molar-refractivity contribution < 1.29 is 24.2 Å². The lowest BCUT2D eigenvalue weighted by Gasteiger charge is -2.32. The van der Waals surface area contributed by atoms with Gasteiger partial charge in [-0.15, -0.1) is 0 Å². The zero-order chi connectivity index (χ0) is 22.3. The molecular formula is C26H30O5. The topological polar surface area (TPSA) is 79.9 Å². The minimum Gasteiger partial charge on any atom is -0.461 e. The monoisotopic (exact) mass is 422 g/mol. The van der Waals surface area contributed by atoms with E-state index in [1.807, 2.05) is 36.4 Å². The molecule has 0 saturated heterocycles. The van der Waals surface area contributed by atoms with E-state index in [1.165, 1.54) is 6.08 Å². The van der Waals surface area contributed by atoms with Gasteiger partial charge >= 0.3 is 0 Å². The normalized spacial score (nSPS) is 27.8. The van der Waals surface area contributed by atoms with E-state index in [-0.39, 0.29) is 11.7 Å². The van der Waals surface area contributed by atoms with Crippen LogP contribution in [0.4, 0.5) is 0 Å². The molecule has 2 aromatic rings. The van der Waals surface area contributed by atoms with Gasteiger partial charge in [0.15, 0.2) is 5.78 Å². The van der Waals surface area contributed by atoms with Gasteiger partial charge in [-0.1, -0.05) is 56.3 Å². The maximum atomic E-state index is 13.2. The van der Waals surface area contributed by atoms with Gasteiger partial charge in [-0.2, -0.15) is 0 Å². The van der Waals surface area contributed by atoms with Gasteiger partial charge in [0, 0.05) is 31.1 Å². The number of ether oxygens (including phenoxy) is 1. The molecule has 4 unspecified atom stereocenters. The van der Waals surface area contributed by atoms with Crippen molar-refractivity contribution in [3.63, 3.8) is 0 Å². The number of carbonyl (C=O) groups is 1. The third kappa shape index (κ3) is 3.82. The maximum absolute atomic E-state index is 13.2. The van der Waals surface area contributed by atoms with Crippen LogP contribution in [0.15, 0.2) is 46.9 Å². The summed E-state index contributed by atoms with van der Waals surface area (Å²) in [6.07, 6.45) is 4.68. The summed E-state index contributed by atoms with van der Waals surface area (Å²) in [7, 11) is 1.59. The van der Waals surface area contributed by atoms with Crippen molar-refractivity contribution >= 4 is 17.4 Å². The van der Waals surface area contributed by atoms with Gasteiger partial charge in [-0.05, 0) is 30.1 Å². The molecule has 0 fully saturated rings. The summed E-state index contributed by atoms with van der Waals surface area (Å²) >= 11 is 0. The summed E-state index contributed by atoms with van der Waals surface area (Å²) < 4.78 is 11.9. The summed E-state index contributed by atoms with van der Waals surface area (Å²) in [4.78, 5) is 13.2. The number of fused-ring (bicyclic) bond motifs is 3. The molecule has 4 atom stereocenters. The average molecular weight is 423 g/mol. The molecule has 5 nitrogen and oxygen atoms in total. The van der Waals surface area contributed by atoms with E-state index in [1.54, 1.807) is 20.1 Å². The summed E-state index contributed by atoms with van der Waals surface area (Å²) in [5, 5.41) is 21.9. The first-order valence-electron chi connectivity index (χ1n) is 10.8. The van der Waals surface area contributed by atoms with Crippen LogP contribution in [0.3, 0.4) is 0 Å². The Hall–Kier alpha value is -2.47. The number of hydrogen-bond acceptors (Lipinski definition) is 5. The number of carbonyl (C=O) groups excluding carboxylic acids is 1. The first-order chi connectivity index (χ1) is 14.7. The first-order valence-corrected chi connectivity index (χ1v) is 10.8. The smallest absolute Gasteiger partial charge is 0.168 e. The van der Waals surface area contributed by atoms with Gasteiger partial charge in [-0.25, -0.2) is 0 Å². The standard InChI is InChI=1S/C26H30O5/c1-15(2)17-12-13-26(3,29)25-21(17)23-20(30-4)14-19(28)22(24(23)31-25)18(27)11-10-16-8-6-5-7-9-16/h5-12,15,19-20,22,28-29H,13-14H2,1-4H3. The van der Waals surface area contributed by atoms with Gasteiger partial charge in [0.25, 0.3) is 0 Å². The van der Waals surface area contributed by atoms with Crippen LogP contribution >= 0.6 is 0 Å². The average Bonchev–Trinajstić information content (AvgIpc) is 3.13. The fraction of sp³-hybridized carbons (Fsp3) is 0.423. The van der Waals surface area contributed by atoms with Crippen LogP contribution in [0.5, 0.6) is 0 Å². The molecule has 5 heteroatoms. The molecule has 1 aromatic carbocycles. The van der Waals surface area contributed by atoms with Crippen molar-refractivity contribution in [3.05, 3.63) is 70.7 Å². The van der Waals surface area contributed by atoms with Crippen molar-refractivity contribution in [2.75, 3.05) is 7.11 Å². The lowest BCUT2D eigenvalue weighted by molar-refractivity contribution is -0.120. The highest BCUT2D eigenvalue weighted by Gasteiger charge is 2.47. The van der Waals surface area contributed by atoms with Crippen LogP contribution in [0.1, 0.15) is 73.8 Å². The zero-order valence-electron chi connectivity index (χ0n) is 18.5. The van der Waals surface area contributed by atoms with E-state index in [2.05, 4.69) is 13.8 Å². The number of furan rings is 1. The second-order valence-electron chi connectivity index (χ2n) is 9.03. The number of allylic oxidation sites excluding steroid dienone is 2. The summed E-state index contributed by atoms with van der Waals surface area (Å²) in [6.45, 7) is 5.91. The summed E-state index contributed by atoms with van der Waals surface area (Å²) in [5.41, 5.74) is 2.43. The molecule has 0 spiro atoms. The quantitative estimate of drug-likeness (QED) is 0.680. The molecule has 0 radical (unpaired) electrons. The number of methoxy groups -OCH3 is 1. The van der Waals surface area contributed by atoms with Crippen molar-refractivity contribution in [2.45, 2.75) is 57.3 Å². The largest absolute Gasteiger partial charge is 0.461 e. The Balaban J connectivity index is 1.83. The summed E-state index contributed by atoms with van der Waals surface area (Å²) in [6, 6.07) is 9.55. The molecule has 1 heterocycles. The predicted molar refractivity (Wildman–Crippen MR) is 119 cm³/mol. The molecule has 2 aliphatic carbocycles. The van der Waals surface area contributed by atoms with E-state index in [4.69, 9.17) is 9.15 Å². The molecule has 0 amide bonds. The number of ketones is 1. The highest BCUT2D eigenvalue weighted by Crippen LogP contribution is 2.52. The number of benzene rings is 1. The lowest BCUT2D eigenvalue weighted by Crippen LogP contribution is -2.33. The van der Waals surface area contributed by atoms with E-state index in [9.17, 15) is 15.0 Å². The van der Waals surface area contributed by atoms with Gasteiger partial charge < -0.3 is 19.4 Å². The van der Waals surface area contributed by atoms with Crippen LogP contribution in [0.25, 0.3) is 11.6 Å². The first kappa shape index (κ1) is 21.8. The van der Waals surface area contributed by atoms with Gasteiger partial charge in [0.1, 0.15) is 23.0 Å². The molecule has 0 bridgehead atoms. The van der Waals surface area contributed by atoms with Crippen molar-refractivity contribution in [3.8, 4) is 0 Å². The molecule has 2 N–H and O–H groups in total. The van der Waals surface area contributed by atoms with Crippen molar-refractivity contribution in [2.24, 2.45) is 5.92 Å². The molecule has 2 aliphatic rings. The molecule has 0 aliphatic heterocycles. The minimum absolute atomic E-state index is 0.216. The van der Waals surface area contributed by atoms with Crippen LogP contribution in [0, 0.1) is 5.92 Å². The third-order valence-electron chi connectivity index (χ3n) is 6.37. The molecule has 4 rings (SSSR count). The Morgan fingerprint density at radius 1 is 1.29 bits per heavy atom. The molecule has 31 heavy (non-hydrogen) atoms. The second-order valence-corrected chi connectivity index (χ2v) is 9.03. The molecule has 0 saturated carbocycles. The van der Waals surface area contributed by atoms with Crippen molar-refractivity contribution in [1.29, 1.82) is 0 Å². The van der Waals surface area contributed by atoms with Gasteiger partial charge in [-0.3, -0.25) is 4.79 Å². The Labute approximate surface area is 183 Å². The molecular weight excluding hydrogens is 392 g/mol. The summed E-state index contributed by atoms with van der Waals surface area (Å²) in [5.74, 6) is 0.0221. The van der Waals surface area contributed by atoms with E-state index in [0.29, 0.717) is 24.4 Å². The van der Waals surface area contributed by atoms with E-state index < -0.39 is 23.7 Å². The highest BCUT2D eigenvalue weighted by atomic mass is 16.5. The Morgan fingerprint density at radius 3 is 2.65 bits per heavy atom. The number of hydrogen-bond donors (Lipinski definition) is 2. The molecule has 1 aromatic heterocycles. The van der Waals surface area contributed by atoms with Crippen LogP contribution < -0.4 is 0 Å². The Morgan fingerprint density at radius 2 is 2.00 bits per heavy atom. The number of rotatable bonds is 5. The second kappa shape index (κ2) is 8.23. The van der Waals surface area contributed by atoms with Crippen LogP contribution in [0.2, 0.25) is 0 Å². The Bertz CT molecular complexity index is 1030. The van der Waals surface area contributed by atoms with Crippen LogP contribution in [-0.4, -0.2) is 29.2 Å². The maximum Gasteiger partial charge on any atom is 0.168 e. The van der Waals surface area contributed by atoms with E-state index in [0.717, 1.165) is 22.3 Å². The third-order valence-corrected chi connectivity index (χ3v) is 6.37. The Kier molecular flexibility index (Phi) is 5.77. The molecule has 164 valence electrons. The fourth-order valence-electron chi connectivity index (χ4n) is 4.73. The fourth-order valence-corrected chi connectivity index (χ4v) is 4.73. The predicted octanol–water partition coefficient (Wildman–Crippen LogP) is 4.75. The van der Waals surface area contributed by atoms with E-state index >= 15 is 0 Å². The lowest BCUT2D eigenvalue weighted by atomic mass is 9.75. The van der Waals surface area contributed by atoms with Gasteiger partial charge in [0.05, 0.1) is 12.2 Å². The van der Waals surface area contributed by atoms with Crippen molar-refractivity contribution in [1.82, 2.24) is 0 Å². The number of aliphatic hydroxyl groups is 2. The van der Waals surface area contributed by atoms with Gasteiger partial charge in [0.2, 0.25) is 0 Å². The highest BCUT2D eigenvalue weighted by molar-refractivity contribution is 5.99. The zero-order valence-corrected chi connectivity index (χ0v) is 18.5. The van der Waals surface area contributed by atoms with Crippen LogP contribution in [-0.2, 0) is 15.1 Å². The SMILES string of the molecule is COC1CC(O)C(C(=O)C=Cc2ccccc2)c2oc3c(c21)C(C(C)C)=CCC3(C)O. The number of aliphatic hydroxyl groups excluding tert-OH is 1.